The van der Waals surface area contributed by atoms with Crippen molar-refractivity contribution in [2.45, 2.75) is 6.92 Å². The molecule has 0 aliphatic heterocycles. The SMILES string of the molecule is Cc1cc(-n2cncn2)ccc1C(=O)Nc1nc2ncccc2[nH]1. The first kappa shape index (κ1) is 14.1. The molecule has 0 aliphatic carbocycles. The Morgan fingerprint density at radius 2 is 2.21 bits per heavy atom. The Morgan fingerprint density at radius 3 is 2.96 bits per heavy atom. The average Bonchev–Trinajstić information content (AvgIpc) is 3.23. The number of nitrogens with one attached hydrogen (secondary N) is 2. The van der Waals surface area contributed by atoms with Crippen molar-refractivity contribution in [2.24, 2.45) is 0 Å². The maximum absolute atomic E-state index is 12.5. The zero-order valence-electron chi connectivity index (χ0n) is 12.8. The molecule has 0 unspecified atom stereocenters. The second kappa shape index (κ2) is 5.58. The number of nitrogens with zero attached hydrogens (tertiary/aromatic N) is 5. The van der Waals surface area contributed by atoms with Crippen LogP contribution >= 0.6 is 0 Å². The number of pyridine rings is 1. The summed E-state index contributed by atoms with van der Waals surface area (Å²) < 4.78 is 1.64. The van der Waals surface area contributed by atoms with Gasteiger partial charge < -0.3 is 4.98 Å². The van der Waals surface area contributed by atoms with Gasteiger partial charge in [-0.05, 0) is 42.8 Å². The Labute approximate surface area is 136 Å². The van der Waals surface area contributed by atoms with Gasteiger partial charge in [0.2, 0.25) is 5.95 Å². The number of hydrogen-bond donors (Lipinski definition) is 2. The second-order valence-electron chi connectivity index (χ2n) is 5.25. The summed E-state index contributed by atoms with van der Waals surface area (Å²) >= 11 is 0. The molecule has 8 heteroatoms. The number of anilines is 1. The molecule has 0 radical (unpaired) electrons. The third-order valence-electron chi connectivity index (χ3n) is 3.63. The van der Waals surface area contributed by atoms with E-state index in [1.807, 2.05) is 25.1 Å². The van der Waals surface area contributed by atoms with Crippen LogP contribution in [0.4, 0.5) is 5.95 Å². The van der Waals surface area contributed by atoms with E-state index in [9.17, 15) is 4.79 Å². The Morgan fingerprint density at radius 1 is 1.29 bits per heavy atom. The van der Waals surface area contributed by atoms with Crippen LogP contribution in [0, 0.1) is 6.92 Å². The van der Waals surface area contributed by atoms with Crippen LogP contribution in [0.5, 0.6) is 0 Å². The lowest BCUT2D eigenvalue weighted by Crippen LogP contribution is -2.14. The molecule has 0 bridgehead atoms. The molecule has 0 atom stereocenters. The molecule has 3 aromatic heterocycles. The van der Waals surface area contributed by atoms with Gasteiger partial charge >= 0.3 is 0 Å². The molecule has 24 heavy (non-hydrogen) atoms. The van der Waals surface area contributed by atoms with Gasteiger partial charge in [-0.15, -0.1) is 0 Å². The topological polar surface area (TPSA) is 101 Å². The van der Waals surface area contributed by atoms with Crippen LogP contribution in [-0.4, -0.2) is 35.6 Å². The smallest absolute Gasteiger partial charge is 0.258 e. The second-order valence-corrected chi connectivity index (χ2v) is 5.25. The minimum absolute atomic E-state index is 0.239. The van der Waals surface area contributed by atoms with Crippen LogP contribution in [-0.2, 0) is 0 Å². The molecule has 4 rings (SSSR count). The number of carbonyl (C=O) groups excluding carboxylic acids is 1. The number of aromatic nitrogens is 6. The van der Waals surface area contributed by atoms with Crippen molar-refractivity contribution >= 4 is 23.0 Å². The van der Waals surface area contributed by atoms with E-state index in [2.05, 4.69) is 30.4 Å². The quantitative estimate of drug-likeness (QED) is 0.602. The van der Waals surface area contributed by atoms with E-state index in [4.69, 9.17) is 0 Å². The minimum Gasteiger partial charge on any atom is -0.322 e. The van der Waals surface area contributed by atoms with Gasteiger partial charge in [0.25, 0.3) is 5.91 Å². The van der Waals surface area contributed by atoms with Crippen molar-refractivity contribution in [3.8, 4) is 5.69 Å². The van der Waals surface area contributed by atoms with Gasteiger partial charge in [0.1, 0.15) is 12.7 Å². The number of benzene rings is 1. The van der Waals surface area contributed by atoms with Gasteiger partial charge in [-0.25, -0.2) is 14.6 Å². The molecular formula is C16H13N7O. The fourth-order valence-electron chi connectivity index (χ4n) is 2.47. The predicted octanol–water partition coefficient (Wildman–Crippen LogP) is 2.10. The fraction of sp³-hybridized carbons (Fsp3) is 0.0625. The van der Waals surface area contributed by atoms with Gasteiger partial charge in [-0.2, -0.15) is 10.1 Å². The highest BCUT2D eigenvalue weighted by Gasteiger charge is 2.13. The number of H-pyrrole nitrogens is 1. The highest BCUT2D eigenvalue weighted by atomic mass is 16.1. The molecule has 0 spiro atoms. The van der Waals surface area contributed by atoms with E-state index in [1.165, 1.54) is 6.33 Å². The first-order valence-electron chi connectivity index (χ1n) is 7.28. The number of imidazole rings is 1. The summed E-state index contributed by atoms with van der Waals surface area (Å²) in [6.45, 7) is 1.87. The van der Waals surface area contributed by atoms with E-state index >= 15 is 0 Å². The summed E-state index contributed by atoms with van der Waals surface area (Å²) in [6.07, 6.45) is 4.73. The molecule has 2 N–H and O–H groups in total. The molecule has 3 heterocycles. The highest BCUT2D eigenvalue weighted by molar-refractivity contribution is 6.05. The van der Waals surface area contributed by atoms with E-state index < -0.39 is 0 Å². The summed E-state index contributed by atoms with van der Waals surface area (Å²) in [7, 11) is 0. The molecule has 8 nitrogen and oxygen atoms in total. The van der Waals surface area contributed by atoms with E-state index in [0.29, 0.717) is 17.2 Å². The molecule has 1 aromatic carbocycles. The fourth-order valence-corrected chi connectivity index (χ4v) is 2.47. The van der Waals surface area contributed by atoms with E-state index in [0.717, 1.165) is 16.8 Å². The van der Waals surface area contributed by atoms with Crippen molar-refractivity contribution in [3.05, 3.63) is 60.3 Å². The lowest BCUT2D eigenvalue weighted by atomic mass is 10.1. The Bertz CT molecular complexity index is 987. The van der Waals surface area contributed by atoms with Crippen molar-refractivity contribution in [3.63, 3.8) is 0 Å². The summed E-state index contributed by atoms with van der Waals surface area (Å²) in [6, 6.07) is 9.10. The van der Waals surface area contributed by atoms with Crippen LogP contribution < -0.4 is 5.32 Å². The summed E-state index contributed by atoms with van der Waals surface area (Å²) in [5.74, 6) is 0.130. The van der Waals surface area contributed by atoms with Crippen LogP contribution in [0.3, 0.4) is 0 Å². The van der Waals surface area contributed by atoms with Crippen molar-refractivity contribution in [2.75, 3.05) is 5.32 Å². The number of amides is 1. The van der Waals surface area contributed by atoms with Gasteiger partial charge in [0, 0.05) is 11.8 Å². The van der Waals surface area contributed by atoms with Crippen molar-refractivity contribution in [1.29, 1.82) is 0 Å². The van der Waals surface area contributed by atoms with Crippen LogP contribution in [0.1, 0.15) is 15.9 Å². The Kier molecular flexibility index (Phi) is 3.27. The number of hydrogen-bond acceptors (Lipinski definition) is 5. The molecule has 118 valence electrons. The number of aromatic amines is 1. The lowest BCUT2D eigenvalue weighted by Gasteiger charge is -2.08. The van der Waals surface area contributed by atoms with Crippen LogP contribution in [0.15, 0.2) is 49.2 Å². The van der Waals surface area contributed by atoms with Gasteiger partial charge in [0.05, 0.1) is 11.2 Å². The molecular weight excluding hydrogens is 306 g/mol. The van der Waals surface area contributed by atoms with Crippen molar-refractivity contribution in [1.82, 2.24) is 29.7 Å². The molecule has 0 fully saturated rings. The zero-order chi connectivity index (χ0) is 16.5. The first-order chi connectivity index (χ1) is 11.7. The molecule has 1 amide bonds. The van der Waals surface area contributed by atoms with E-state index in [-0.39, 0.29) is 5.91 Å². The Balaban J connectivity index is 1.60. The predicted molar refractivity (Wildman–Crippen MR) is 87.9 cm³/mol. The number of aryl methyl sites for hydroxylation is 1. The molecule has 0 saturated heterocycles. The maximum atomic E-state index is 12.5. The van der Waals surface area contributed by atoms with Crippen LogP contribution in [0.2, 0.25) is 0 Å². The number of rotatable bonds is 3. The third-order valence-corrected chi connectivity index (χ3v) is 3.63. The Hall–Kier alpha value is -3.55. The third kappa shape index (κ3) is 2.50. The lowest BCUT2D eigenvalue weighted by molar-refractivity contribution is 0.102. The summed E-state index contributed by atoms with van der Waals surface area (Å²) in [5, 5.41) is 6.84. The standard InChI is InChI=1S/C16H13N7O/c1-10-7-11(23-9-17-8-19-23)4-5-12(10)15(24)22-16-20-13-3-2-6-18-14(13)21-16/h2-9H,1H3,(H2,18,20,21,22,24). The maximum Gasteiger partial charge on any atom is 0.258 e. The number of fused-ring (bicyclic) bond motifs is 1. The van der Waals surface area contributed by atoms with E-state index in [1.54, 1.807) is 29.3 Å². The monoisotopic (exact) mass is 319 g/mol. The normalized spacial score (nSPS) is 10.9. The zero-order valence-corrected chi connectivity index (χ0v) is 12.8. The van der Waals surface area contributed by atoms with Gasteiger partial charge in [-0.3, -0.25) is 10.1 Å². The molecule has 4 aromatic rings. The van der Waals surface area contributed by atoms with Gasteiger partial charge in [-0.1, -0.05) is 0 Å². The van der Waals surface area contributed by atoms with Gasteiger partial charge in [0.15, 0.2) is 5.65 Å². The van der Waals surface area contributed by atoms with Crippen molar-refractivity contribution < 1.29 is 4.79 Å². The largest absolute Gasteiger partial charge is 0.322 e. The number of carbonyl (C=O) groups is 1. The molecule has 0 aliphatic rings. The molecule has 0 saturated carbocycles. The first-order valence-corrected chi connectivity index (χ1v) is 7.28. The average molecular weight is 319 g/mol. The van der Waals surface area contributed by atoms with Crippen LogP contribution in [0.25, 0.3) is 16.9 Å². The highest BCUT2D eigenvalue weighted by Crippen LogP contribution is 2.16. The summed E-state index contributed by atoms with van der Waals surface area (Å²) in [5.41, 5.74) is 3.56. The summed E-state index contributed by atoms with van der Waals surface area (Å²) in [4.78, 5) is 27.8. The minimum atomic E-state index is -0.239.